The lowest BCUT2D eigenvalue weighted by atomic mass is 10.0. The van der Waals surface area contributed by atoms with Crippen LogP contribution in [0.2, 0.25) is 0 Å². The van der Waals surface area contributed by atoms with Crippen molar-refractivity contribution in [2.45, 2.75) is 399 Å². The van der Waals surface area contributed by atoms with Gasteiger partial charge in [0.15, 0.2) is 6.10 Å². The first-order valence-electron chi connectivity index (χ1n) is 43.2. The normalized spacial score (nSPS) is 14.4. The summed E-state index contributed by atoms with van der Waals surface area (Å²) in [5.74, 6) is -1.56. The second kappa shape index (κ2) is 81.7. The number of carbonyl (C=O) groups excluding carboxylic acids is 3. The zero-order chi connectivity index (χ0) is 78.0. The van der Waals surface area contributed by atoms with Gasteiger partial charge in [-0.15, -0.1) is 0 Å². The van der Waals surface area contributed by atoms with Crippen LogP contribution in [0.5, 0.6) is 0 Å². The molecule has 0 amide bonds. The van der Waals surface area contributed by atoms with Crippen LogP contribution >= 0.6 is 15.6 Å². The van der Waals surface area contributed by atoms with Crippen LogP contribution < -0.4 is 0 Å². The summed E-state index contributed by atoms with van der Waals surface area (Å²) in [5.41, 5.74) is 0. The predicted molar refractivity (Wildman–Crippen MR) is 445 cm³/mol. The van der Waals surface area contributed by atoms with Crippen molar-refractivity contribution in [1.29, 1.82) is 0 Å². The number of aliphatic hydroxyl groups is 2. The Morgan fingerprint density at radius 2 is 0.495 bits per heavy atom. The largest absolute Gasteiger partial charge is 0.472 e. The molecule has 16 nitrogen and oxygen atoms in total. The molecule has 0 saturated heterocycles. The minimum absolute atomic E-state index is 0.108. The standard InChI is InChI=1S/C89H158O16P2/c1-4-7-10-13-16-19-22-25-27-29-31-33-35-37-39-40-41-42-44-46-47-49-51-53-55-58-60-63-66-69-72-75-87(92)99-78-84(90)79-101-106(95,96)102-80-85(91)81-103-107(97,98)104-83-86(105-89(94)77-74-71-68-65-62-57-24-21-18-15-12-9-6-3)82-100-88(93)76-73-70-67-64-61-59-56-54-52-50-48-45-43-38-36-34-32-30-28-26-23-20-17-14-11-8-5-2/h7,10,16-17,19-20,25-28,31-34,37-39,43,84-86,90-91H,4-6,8-9,11-15,18,21-24,29-30,35-36,40-42,44-83H2,1-3H3,(H,95,96)(H,97,98)/b10-7-,19-16-,20-17-,27-25-,28-26-,33-31-,34-32-,39-37-,43-38-. The van der Waals surface area contributed by atoms with Crippen molar-refractivity contribution in [1.82, 2.24) is 0 Å². The molecule has 0 aromatic rings. The Morgan fingerprint density at radius 1 is 0.271 bits per heavy atom. The van der Waals surface area contributed by atoms with Gasteiger partial charge in [-0.1, -0.05) is 361 Å². The Morgan fingerprint density at radius 3 is 0.804 bits per heavy atom. The summed E-state index contributed by atoms with van der Waals surface area (Å²) in [6.07, 6.45) is 97.2. The van der Waals surface area contributed by atoms with Crippen LogP contribution in [-0.4, -0.2) is 95.9 Å². The Hall–Kier alpha value is -3.79. The molecule has 0 aromatic carbocycles. The fraction of sp³-hybridized carbons (Fsp3) is 0.764. The molecule has 0 fully saturated rings. The van der Waals surface area contributed by atoms with Crippen molar-refractivity contribution in [2.24, 2.45) is 0 Å². The van der Waals surface area contributed by atoms with Gasteiger partial charge in [-0.25, -0.2) is 9.13 Å². The Labute approximate surface area is 653 Å². The number of aliphatic hydroxyl groups excluding tert-OH is 2. The fourth-order valence-electron chi connectivity index (χ4n) is 11.9. The molecular weight excluding hydrogens is 1390 g/mol. The second-order valence-electron chi connectivity index (χ2n) is 29.0. The van der Waals surface area contributed by atoms with Gasteiger partial charge in [-0.3, -0.25) is 32.5 Å². The summed E-state index contributed by atoms with van der Waals surface area (Å²) in [5, 5.41) is 20.7. The van der Waals surface area contributed by atoms with Crippen LogP contribution in [0.3, 0.4) is 0 Å². The third-order valence-electron chi connectivity index (χ3n) is 18.5. The van der Waals surface area contributed by atoms with E-state index in [1.165, 1.54) is 193 Å². The van der Waals surface area contributed by atoms with E-state index in [1.807, 2.05) is 0 Å². The molecule has 18 heteroatoms. The maximum absolute atomic E-state index is 13.0. The van der Waals surface area contributed by atoms with Crippen LogP contribution in [0.4, 0.5) is 0 Å². The smallest absolute Gasteiger partial charge is 0.463 e. The molecule has 0 rings (SSSR count). The highest BCUT2D eigenvalue weighted by molar-refractivity contribution is 7.47. The number of allylic oxidation sites excluding steroid dienone is 18. The summed E-state index contributed by atoms with van der Waals surface area (Å²) in [4.78, 5) is 58.8. The first-order chi connectivity index (χ1) is 52.2. The lowest BCUT2D eigenvalue weighted by Gasteiger charge is -2.21. The van der Waals surface area contributed by atoms with Gasteiger partial charge in [-0.2, -0.15) is 0 Å². The molecular formula is C89H158O16P2. The predicted octanol–water partition coefficient (Wildman–Crippen LogP) is 25.9. The molecule has 0 aromatic heterocycles. The number of phosphoric ester groups is 2. The van der Waals surface area contributed by atoms with E-state index in [2.05, 4.69) is 130 Å². The Kier molecular flexibility index (Phi) is 78.8. The SMILES string of the molecule is CC/C=C\C/C=C\C/C=C\C/C=C\C/C=C\CCCCCCCCCCCCCCCCCC(=O)OCC(O)COP(=O)(O)OCC(O)COP(=O)(O)OCC(COC(=O)CCCCCCCCCCCCC/C=C\C/C=C\C/C=C\C/C=C\CCCCC)OC(=O)CCCCCCCCCCCCCCC. The van der Waals surface area contributed by atoms with E-state index < -0.39 is 91.5 Å². The van der Waals surface area contributed by atoms with Crippen LogP contribution in [-0.2, 0) is 55.8 Å². The molecule has 0 radical (unpaired) electrons. The molecule has 0 aliphatic rings. The number of phosphoric acid groups is 2. The molecule has 0 bridgehead atoms. The summed E-state index contributed by atoms with van der Waals surface area (Å²) in [7, 11) is -9.78. The van der Waals surface area contributed by atoms with Crippen LogP contribution in [0.1, 0.15) is 380 Å². The highest BCUT2D eigenvalue weighted by Crippen LogP contribution is 2.45. The first kappa shape index (κ1) is 103. The zero-order valence-corrected chi connectivity index (χ0v) is 69.8. The molecule has 0 aliphatic carbocycles. The summed E-state index contributed by atoms with van der Waals surface area (Å²) in [6, 6.07) is 0. The maximum Gasteiger partial charge on any atom is 0.472 e. The third kappa shape index (κ3) is 83.0. The molecule has 0 heterocycles. The minimum Gasteiger partial charge on any atom is -0.463 e. The van der Waals surface area contributed by atoms with E-state index in [4.69, 9.17) is 32.3 Å². The monoisotopic (exact) mass is 1550 g/mol. The first-order valence-corrected chi connectivity index (χ1v) is 46.2. The van der Waals surface area contributed by atoms with E-state index in [-0.39, 0.29) is 19.3 Å². The number of hydrogen-bond acceptors (Lipinski definition) is 14. The Balaban J connectivity index is 4.43. The van der Waals surface area contributed by atoms with Gasteiger partial charge in [0.05, 0.1) is 26.4 Å². The van der Waals surface area contributed by atoms with Crippen molar-refractivity contribution in [3.8, 4) is 0 Å². The average molecular weight is 1550 g/mol. The lowest BCUT2D eigenvalue weighted by molar-refractivity contribution is -0.161. The molecule has 5 unspecified atom stereocenters. The van der Waals surface area contributed by atoms with Crippen molar-refractivity contribution in [3.05, 3.63) is 109 Å². The van der Waals surface area contributed by atoms with Crippen molar-refractivity contribution < 1.29 is 75.8 Å². The third-order valence-corrected chi connectivity index (χ3v) is 20.4. The van der Waals surface area contributed by atoms with E-state index in [0.717, 1.165) is 128 Å². The van der Waals surface area contributed by atoms with Gasteiger partial charge in [-0.05, 0) is 109 Å². The van der Waals surface area contributed by atoms with Gasteiger partial charge >= 0.3 is 33.6 Å². The number of esters is 3. The summed E-state index contributed by atoms with van der Waals surface area (Å²) < 4.78 is 61.3. The molecule has 0 aliphatic heterocycles. The van der Waals surface area contributed by atoms with Crippen molar-refractivity contribution in [3.63, 3.8) is 0 Å². The second-order valence-corrected chi connectivity index (χ2v) is 31.9. The van der Waals surface area contributed by atoms with Gasteiger partial charge in [0, 0.05) is 19.3 Å². The van der Waals surface area contributed by atoms with Gasteiger partial charge in [0.1, 0.15) is 25.4 Å². The number of rotatable bonds is 82. The van der Waals surface area contributed by atoms with E-state index in [0.29, 0.717) is 19.3 Å². The number of carbonyl (C=O) groups is 3. The average Bonchev–Trinajstić information content (AvgIpc) is 1.06. The van der Waals surface area contributed by atoms with Crippen LogP contribution in [0, 0.1) is 0 Å². The van der Waals surface area contributed by atoms with Gasteiger partial charge < -0.3 is 34.2 Å². The van der Waals surface area contributed by atoms with Gasteiger partial charge in [0.2, 0.25) is 0 Å². The topological polar surface area (TPSA) is 231 Å². The highest BCUT2D eigenvalue weighted by Gasteiger charge is 2.29. The molecule has 4 N–H and O–H groups in total. The lowest BCUT2D eigenvalue weighted by Crippen LogP contribution is -2.30. The van der Waals surface area contributed by atoms with Crippen molar-refractivity contribution in [2.75, 3.05) is 39.6 Å². The molecule has 620 valence electrons. The Bertz CT molecular complexity index is 2380. The number of unbranched alkanes of at least 4 members (excludes halogenated alkanes) is 41. The highest BCUT2D eigenvalue weighted by atomic mass is 31.2. The summed E-state index contributed by atoms with van der Waals surface area (Å²) >= 11 is 0. The van der Waals surface area contributed by atoms with Crippen molar-refractivity contribution >= 4 is 33.6 Å². The van der Waals surface area contributed by atoms with E-state index in [9.17, 15) is 43.5 Å². The molecule has 0 spiro atoms. The van der Waals surface area contributed by atoms with Gasteiger partial charge in [0.25, 0.3) is 0 Å². The maximum atomic E-state index is 13.0. The van der Waals surface area contributed by atoms with E-state index >= 15 is 0 Å². The minimum atomic E-state index is -4.93. The number of hydrogen-bond donors (Lipinski definition) is 4. The van der Waals surface area contributed by atoms with Crippen LogP contribution in [0.25, 0.3) is 0 Å². The number of ether oxygens (including phenoxy) is 3. The quantitative estimate of drug-likeness (QED) is 0.0146. The molecule has 5 atom stereocenters. The summed E-state index contributed by atoms with van der Waals surface area (Å²) in [6.45, 7) is 2.59. The molecule has 0 saturated carbocycles. The fourth-order valence-corrected chi connectivity index (χ4v) is 13.5. The van der Waals surface area contributed by atoms with Crippen LogP contribution in [0.15, 0.2) is 109 Å². The molecule has 107 heavy (non-hydrogen) atoms. The van der Waals surface area contributed by atoms with E-state index in [1.54, 1.807) is 0 Å². The zero-order valence-electron chi connectivity index (χ0n) is 68.0.